The van der Waals surface area contributed by atoms with Gasteiger partial charge in [0, 0.05) is 17.6 Å². The molecule has 2 heteroatoms. The average Bonchev–Trinajstić information content (AvgIpc) is 2.19. The molecule has 0 aliphatic rings. The summed E-state index contributed by atoms with van der Waals surface area (Å²) in [6.45, 7) is 0. The second-order valence-electron chi connectivity index (χ2n) is 2.53. The Bertz CT molecular complexity index is 298. The zero-order chi connectivity index (χ0) is 9.36. The first-order valence-corrected chi connectivity index (χ1v) is 5.25. The minimum atomic E-state index is 0.905. The summed E-state index contributed by atoms with van der Waals surface area (Å²) in [7, 11) is 0. The number of thioether (sulfide) groups is 1. The molecule has 0 amide bonds. The number of hydrogen-bond acceptors (Lipinski definition) is 2. The molecular formula is C11H11NS. The predicted molar refractivity (Wildman–Crippen MR) is 57.4 cm³/mol. The molecule has 0 aliphatic heterocycles. The van der Waals surface area contributed by atoms with Crippen LogP contribution in [0.1, 0.15) is 5.56 Å². The van der Waals surface area contributed by atoms with Crippen LogP contribution < -0.4 is 0 Å². The maximum Gasteiger partial charge on any atom is 0.0908 e. The van der Waals surface area contributed by atoms with Crippen molar-refractivity contribution in [3.05, 3.63) is 48.0 Å². The van der Waals surface area contributed by atoms with Gasteiger partial charge < -0.3 is 0 Å². The van der Waals surface area contributed by atoms with Crippen molar-refractivity contribution in [3.8, 4) is 6.07 Å². The molecule has 1 aromatic rings. The monoisotopic (exact) mass is 189 g/mol. The highest BCUT2D eigenvalue weighted by Gasteiger charge is 1.89. The molecule has 0 bridgehead atoms. The lowest BCUT2D eigenvalue weighted by molar-refractivity contribution is 1.41. The van der Waals surface area contributed by atoms with Gasteiger partial charge in [-0.1, -0.05) is 36.4 Å². The summed E-state index contributed by atoms with van der Waals surface area (Å²) in [5.74, 6) is 1.92. The second-order valence-corrected chi connectivity index (χ2v) is 3.56. The van der Waals surface area contributed by atoms with Crippen molar-refractivity contribution in [2.45, 2.75) is 5.75 Å². The molecule has 0 saturated heterocycles. The van der Waals surface area contributed by atoms with Crippen LogP contribution in [0.15, 0.2) is 42.5 Å². The third-order valence-electron chi connectivity index (χ3n) is 1.52. The number of rotatable bonds is 4. The van der Waals surface area contributed by atoms with Crippen LogP contribution in [0.3, 0.4) is 0 Å². The third kappa shape index (κ3) is 4.39. The molecule has 0 heterocycles. The first-order valence-electron chi connectivity index (χ1n) is 4.10. The first kappa shape index (κ1) is 9.88. The van der Waals surface area contributed by atoms with Crippen LogP contribution in [-0.4, -0.2) is 5.75 Å². The largest absolute Gasteiger partial charge is 0.193 e. The lowest BCUT2D eigenvalue weighted by atomic mass is 10.2. The van der Waals surface area contributed by atoms with Gasteiger partial charge in [0.25, 0.3) is 0 Å². The van der Waals surface area contributed by atoms with Crippen molar-refractivity contribution in [2.75, 3.05) is 5.75 Å². The van der Waals surface area contributed by atoms with E-state index in [2.05, 4.69) is 12.1 Å². The predicted octanol–water partition coefficient (Wildman–Crippen LogP) is 3.00. The molecule has 0 radical (unpaired) electrons. The normalized spacial score (nSPS) is 10.1. The summed E-state index contributed by atoms with van der Waals surface area (Å²) in [4.78, 5) is 0. The highest BCUT2D eigenvalue weighted by Crippen LogP contribution is 2.11. The molecule has 1 nitrogen and oxygen atoms in total. The molecule has 0 saturated carbocycles. The van der Waals surface area contributed by atoms with Gasteiger partial charge >= 0.3 is 0 Å². The highest BCUT2D eigenvalue weighted by molar-refractivity contribution is 7.98. The molecule has 0 aromatic heterocycles. The Labute approximate surface area is 83.1 Å². The van der Waals surface area contributed by atoms with E-state index in [4.69, 9.17) is 5.26 Å². The lowest BCUT2D eigenvalue weighted by Crippen LogP contribution is -1.79. The van der Waals surface area contributed by atoms with E-state index in [9.17, 15) is 0 Å². The Morgan fingerprint density at radius 1 is 1.31 bits per heavy atom. The standard InChI is InChI=1S/C11H11NS/c12-8-4-5-9-13-10-11-6-2-1-3-7-11/h1-7H,9-10H2/b5-4+. The highest BCUT2D eigenvalue weighted by atomic mass is 32.2. The van der Waals surface area contributed by atoms with E-state index in [1.807, 2.05) is 42.1 Å². The smallest absolute Gasteiger partial charge is 0.0908 e. The molecule has 0 fully saturated rings. The van der Waals surface area contributed by atoms with Crippen molar-refractivity contribution >= 4 is 11.8 Å². The Hall–Kier alpha value is -1.20. The van der Waals surface area contributed by atoms with Crippen molar-refractivity contribution in [1.29, 1.82) is 5.26 Å². The fraction of sp³-hybridized carbons (Fsp3) is 0.182. The van der Waals surface area contributed by atoms with Gasteiger partial charge in [-0.15, -0.1) is 0 Å². The molecule has 0 N–H and O–H groups in total. The van der Waals surface area contributed by atoms with Crippen LogP contribution in [0.4, 0.5) is 0 Å². The summed E-state index contributed by atoms with van der Waals surface area (Å²) in [6.07, 6.45) is 3.41. The first-order chi connectivity index (χ1) is 6.43. The van der Waals surface area contributed by atoms with Crippen molar-refractivity contribution in [2.24, 2.45) is 0 Å². The summed E-state index contributed by atoms with van der Waals surface area (Å²) in [5.41, 5.74) is 1.33. The van der Waals surface area contributed by atoms with Gasteiger partial charge in [0.15, 0.2) is 0 Å². The average molecular weight is 189 g/mol. The van der Waals surface area contributed by atoms with E-state index >= 15 is 0 Å². The van der Waals surface area contributed by atoms with Gasteiger partial charge in [0.05, 0.1) is 6.07 Å². The number of nitrogens with zero attached hydrogens (tertiary/aromatic N) is 1. The van der Waals surface area contributed by atoms with Gasteiger partial charge in [0.2, 0.25) is 0 Å². The zero-order valence-corrected chi connectivity index (χ0v) is 8.13. The van der Waals surface area contributed by atoms with E-state index in [0.29, 0.717) is 0 Å². The number of benzene rings is 1. The summed E-state index contributed by atoms with van der Waals surface area (Å²) in [6, 6.07) is 12.3. The van der Waals surface area contributed by atoms with Gasteiger partial charge in [0.1, 0.15) is 0 Å². The fourth-order valence-electron chi connectivity index (χ4n) is 0.920. The van der Waals surface area contributed by atoms with Crippen LogP contribution in [0.2, 0.25) is 0 Å². The maximum atomic E-state index is 8.24. The van der Waals surface area contributed by atoms with Gasteiger partial charge in [-0.25, -0.2) is 0 Å². The topological polar surface area (TPSA) is 23.8 Å². The van der Waals surface area contributed by atoms with E-state index in [1.54, 1.807) is 0 Å². The Balaban J connectivity index is 2.21. The molecule has 13 heavy (non-hydrogen) atoms. The maximum absolute atomic E-state index is 8.24. The number of hydrogen-bond donors (Lipinski definition) is 0. The van der Waals surface area contributed by atoms with Gasteiger partial charge in [-0.3, -0.25) is 0 Å². The number of allylic oxidation sites excluding steroid dienone is 1. The Morgan fingerprint density at radius 2 is 2.08 bits per heavy atom. The lowest BCUT2D eigenvalue weighted by Gasteiger charge is -1.97. The van der Waals surface area contributed by atoms with E-state index < -0.39 is 0 Å². The quantitative estimate of drug-likeness (QED) is 0.537. The molecule has 0 spiro atoms. The van der Waals surface area contributed by atoms with E-state index in [1.165, 1.54) is 11.6 Å². The van der Waals surface area contributed by atoms with Crippen molar-refractivity contribution in [3.63, 3.8) is 0 Å². The minimum Gasteiger partial charge on any atom is -0.193 e. The van der Waals surface area contributed by atoms with Crippen molar-refractivity contribution < 1.29 is 0 Å². The number of nitriles is 1. The Kier molecular flexibility index (Phi) is 4.81. The molecule has 1 aromatic carbocycles. The molecule has 66 valence electrons. The van der Waals surface area contributed by atoms with Crippen molar-refractivity contribution in [1.82, 2.24) is 0 Å². The Morgan fingerprint density at radius 3 is 2.77 bits per heavy atom. The van der Waals surface area contributed by atoms with Crippen LogP contribution in [-0.2, 0) is 5.75 Å². The molecular weight excluding hydrogens is 178 g/mol. The molecule has 0 atom stereocenters. The summed E-state index contributed by atoms with van der Waals surface area (Å²) >= 11 is 1.81. The van der Waals surface area contributed by atoms with E-state index in [-0.39, 0.29) is 0 Å². The second kappa shape index (κ2) is 6.33. The molecule has 1 rings (SSSR count). The molecule has 0 aliphatic carbocycles. The van der Waals surface area contributed by atoms with Gasteiger partial charge in [-0.05, 0) is 5.56 Å². The van der Waals surface area contributed by atoms with Crippen LogP contribution in [0.25, 0.3) is 0 Å². The third-order valence-corrected chi connectivity index (χ3v) is 2.48. The SMILES string of the molecule is N#C/C=C/CSCc1ccccc1. The zero-order valence-electron chi connectivity index (χ0n) is 7.31. The van der Waals surface area contributed by atoms with Crippen LogP contribution in [0, 0.1) is 11.3 Å². The minimum absolute atomic E-state index is 0.905. The van der Waals surface area contributed by atoms with Gasteiger partial charge in [-0.2, -0.15) is 17.0 Å². The summed E-state index contributed by atoms with van der Waals surface area (Å²) in [5, 5.41) is 8.24. The van der Waals surface area contributed by atoms with E-state index in [0.717, 1.165) is 11.5 Å². The fourth-order valence-corrected chi connectivity index (χ4v) is 1.70. The molecule has 0 unspecified atom stereocenters. The summed E-state index contributed by atoms with van der Waals surface area (Å²) < 4.78 is 0. The van der Waals surface area contributed by atoms with Crippen LogP contribution in [0.5, 0.6) is 0 Å². The van der Waals surface area contributed by atoms with Crippen LogP contribution >= 0.6 is 11.8 Å².